The molecule has 0 unspecified atom stereocenters. The maximum atomic E-state index is 14.8. The van der Waals surface area contributed by atoms with Gasteiger partial charge in [-0.05, 0) is 75.4 Å². The van der Waals surface area contributed by atoms with E-state index in [0.717, 1.165) is 16.8 Å². The minimum absolute atomic E-state index is 0.196. The molecule has 1 aliphatic rings. The number of fused-ring (bicyclic) bond motifs is 1. The van der Waals surface area contributed by atoms with Crippen molar-refractivity contribution in [2.45, 2.75) is 47.7 Å². The van der Waals surface area contributed by atoms with Gasteiger partial charge in [-0.25, -0.2) is 13.6 Å². The van der Waals surface area contributed by atoms with Gasteiger partial charge in [-0.3, -0.25) is 0 Å². The van der Waals surface area contributed by atoms with Crippen LogP contribution in [0.3, 0.4) is 0 Å². The Morgan fingerprint density at radius 3 is 1.92 bits per heavy atom. The van der Waals surface area contributed by atoms with Crippen LogP contribution in [-0.2, 0) is 0 Å². The average Bonchev–Trinajstić information content (AvgIpc) is 2.84. The van der Waals surface area contributed by atoms with Crippen molar-refractivity contribution in [1.82, 2.24) is 0 Å². The molecule has 0 saturated heterocycles. The molecule has 2 aromatic rings. The lowest BCUT2D eigenvalue weighted by Crippen LogP contribution is -2.36. The molecule has 0 aliphatic carbocycles. The number of halogens is 2. The highest BCUT2D eigenvalue weighted by Gasteiger charge is 2.38. The SMILES string of the molecule is [C-]#[N+]c1c(F)cc2c(c1F)N(C)[C@H](C)N2c1c(C)c(C)c(C)c(C)c1C. The highest BCUT2D eigenvalue weighted by molar-refractivity contribution is 5.89. The summed E-state index contributed by atoms with van der Waals surface area (Å²) in [6, 6.07) is 1.29. The van der Waals surface area contributed by atoms with E-state index in [1.54, 1.807) is 11.9 Å². The number of nitrogens with zero attached hydrogens (tertiary/aromatic N) is 3. The van der Waals surface area contributed by atoms with Crippen molar-refractivity contribution in [2.24, 2.45) is 0 Å². The summed E-state index contributed by atoms with van der Waals surface area (Å²) in [4.78, 5) is 6.79. The molecule has 0 bridgehead atoms. The summed E-state index contributed by atoms with van der Waals surface area (Å²) in [6.45, 7) is 19.4. The number of rotatable bonds is 1. The summed E-state index contributed by atoms with van der Waals surface area (Å²) in [5.41, 5.74) is 7.01. The van der Waals surface area contributed by atoms with E-state index in [4.69, 9.17) is 6.57 Å². The Bertz CT molecular complexity index is 944. The van der Waals surface area contributed by atoms with Crippen molar-refractivity contribution in [3.63, 3.8) is 0 Å². The first-order valence-corrected chi connectivity index (χ1v) is 8.61. The van der Waals surface area contributed by atoms with Crippen LogP contribution in [0.1, 0.15) is 34.7 Å². The summed E-state index contributed by atoms with van der Waals surface area (Å²) < 4.78 is 29.2. The second kappa shape index (κ2) is 5.98. The molecular formula is C21H23F2N3. The molecule has 0 aromatic heterocycles. The number of benzene rings is 2. The normalized spacial score (nSPS) is 16.1. The predicted molar refractivity (Wildman–Crippen MR) is 103 cm³/mol. The van der Waals surface area contributed by atoms with Gasteiger partial charge in [-0.2, -0.15) is 0 Å². The van der Waals surface area contributed by atoms with E-state index in [1.165, 1.54) is 22.8 Å². The summed E-state index contributed by atoms with van der Waals surface area (Å²) in [7, 11) is 1.77. The van der Waals surface area contributed by atoms with E-state index >= 15 is 0 Å². The molecule has 0 radical (unpaired) electrons. The maximum Gasteiger partial charge on any atom is 0.259 e. The van der Waals surface area contributed by atoms with E-state index < -0.39 is 17.3 Å². The van der Waals surface area contributed by atoms with Gasteiger partial charge in [0.1, 0.15) is 12.0 Å². The molecule has 2 aromatic carbocycles. The van der Waals surface area contributed by atoms with E-state index in [1.807, 2.05) is 11.8 Å². The first kappa shape index (κ1) is 18.2. The van der Waals surface area contributed by atoms with Gasteiger partial charge in [-0.1, -0.05) is 0 Å². The first-order chi connectivity index (χ1) is 12.1. The van der Waals surface area contributed by atoms with E-state index in [-0.39, 0.29) is 11.9 Å². The molecule has 0 fully saturated rings. The van der Waals surface area contributed by atoms with Crippen molar-refractivity contribution in [2.75, 3.05) is 16.8 Å². The molecule has 1 heterocycles. The molecule has 0 spiro atoms. The topological polar surface area (TPSA) is 10.8 Å². The molecule has 0 N–H and O–H groups in total. The van der Waals surface area contributed by atoms with E-state index in [2.05, 4.69) is 39.5 Å². The largest absolute Gasteiger partial charge is 0.351 e. The van der Waals surface area contributed by atoms with Crippen molar-refractivity contribution in [3.8, 4) is 0 Å². The molecule has 0 saturated carbocycles. The monoisotopic (exact) mass is 355 g/mol. The minimum Gasteiger partial charge on any atom is -0.351 e. The van der Waals surface area contributed by atoms with Crippen LogP contribution in [0.5, 0.6) is 0 Å². The smallest absolute Gasteiger partial charge is 0.259 e. The van der Waals surface area contributed by atoms with Crippen LogP contribution >= 0.6 is 0 Å². The van der Waals surface area contributed by atoms with Crippen LogP contribution in [0.4, 0.5) is 31.5 Å². The van der Waals surface area contributed by atoms with Crippen molar-refractivity contribution in [3.05, 3.63) is 56.9 Å². The molecule has 5 heteroatoms. The molecule has 3 rings (SSSR count). The molecule has 3 nitrogen and oxygen atoms in total. The maximum absolute atomic E-state index is 14.8. The molecule has 26 heavy (non-hydrogen) atoms. The van der Waals surface area contributed by atoms with Crippen LogP contribution in [0, 0.1) is 52.8 Å². The van der Waals surface area contributed by atoms with Gasteiger partial charge in [0.15, 0.2) is 5.82 Å². The quantitative estimate of drug-likeness (QED) is 0.582. The van der Waals surface area contributed by atoms with E-state index in [0.29, 0.717) is 5.69 Å². The van der Waals surface area contributed by atoms with Crippen LogP contribution < -0.4 is 9.80 Å². The number of hydrogen-bond acceptors (Lipinski definition) is 2. The molecule has 136 valence electrons. The molecule has 1 atom stereocenters. The van der Waals surface area contributed by atoms with Gasteiger partial charge in [0.05, 0.1) is 17.9 Å². The van der Waals surface area contributed by atoms with Crippen molar-refractivity contribution in [1.29, 1.82) is 0 Å². The third-order valence-electron chi connectivity index (χ3n) is 6.01. The highest BCUT2D eigenvalue weighted by atomic mass is 19.1. The second-order valence-corrected chi connectivity index (χ2v) is 7.09. The fraction of sp³-hybridized carbons (Fsp3) is 0.381. The Morgan fingerprint density at radius 1 is 0.923 bits per heavy atom. The van der Waals surface area contributed by atoms with Gasteiger partial charge in [0.25, 0.3) is 5.69 Å². The molecule has 0 amide bonds. The lowest BCUT2D eigenvalue weighted by atomic mass is 9.92. The van der Waals surface area contributed by atoms with Gasteiger partial charge >= 0.3 is 0 Å². The first-order valence-electron chi connectivity index (χ1n) is 8.61. The summed E-state index contributed by atoms with van der Waals surface area (Å²) in [6.07, 6.45) is -0.196. The summed E-state index contributed by atoms with van der Waals surface area (Å²) >= 11 is 0. The Kier molecular flexibility index (Phi) is 4.18. The number of anilines is 3. The van der Waals surface area contributed by atoms with Crippen LogP contribution in [-0.4, -0.2) is 13.2 Å². The third-order valence-corrected chi connectivity index (χ3v) is 6.01. The third kappa shape index (κ3) is 2.21. The van der Waals surface area contributed by atoms with Crippen LogP contribution in [0.2, 0.25) is 0 Å². The second-order valence-electron chi connectivity index (χ2n) is 7.09. The fourth-order valence-electron chi connectivity index (χ4n) is 3.92. The Balaban J connectivity index is 2.37. The van der Waals surface area contributed by atoms with Crippen LogP contribution in [0.15, 0.2) is 6.07 Å². The van der Waals surface area contributed by atoms with Gasteiger partial charge < -0.3 is 9.80 Å². The standard InChI is InChI=1S/C21H23F2N3/c1-10-11(2)13(4)20(14(5)12(10)3)26-15(6)25(8)21-17(26)9-16(22)19(24-7)18(21)23/h9,15H,1-6,8H3/t15-/m0/s1. The highest BCUT2D eigenvalue weighted by Crippen LogP contribution is 2.50. The zero-order chi connectivity index (χ0) is 19.5. The average molecular weight is 355 g/mol. The summed E-state index contributed by atoms with van der Waals surface area (Å²) in [5.74, 6) is -1.61. The molecule has 1 aliphatic heterocycles. The van der Waals surface area contributed by atoms with Gasteiger partial charge in [0, 0.05) is 12.7 Å². The lowest BCUT2D eigenvalue weighted by molar-refractivity contribution is 0.594. The Hall–Kier alpha value is -2.61. The minimum atomic E-state index is -0.820. The Labute approximate surface area is 153 Å². The van der Waals surface area contributed by atoms with Crippen molar-refractivity contribution >= 4 is 22.7 Å². The zero-order valence-corrected chi connectivity index (χ0v) is 16.3. The van der Waals surface area contributed by atoms with Crippen LogP contribution in [0.25, 0.3) is 4.85 Å². The summed E-state index contributed by atoms with van der Waals surface area (Å²) in [5, 5.41) is 0. The molecular weight excluding hydrogens is 332 g/mol. The number of hydrogen-bond donors (Lipinski definition) is 0. The lowest BCUT2D eigenvalue weighted by Gasteiger charge is -2.32. The zero-order valence-electron chi connectivity index (χ0n) is 16.3. The van der Waals surface area contributed by atoms with Gasteiger partial charge in [0.2, 0.25) is 0 Å². The van der Waals surface area contributed by atoms with E-state index in [9.17, 15) is 8.78 Å². The predicted octanol–water partition coefficient (Wildman–Crippen LogP) is 5.99. The fourth-order valence-corrected chi connectivity index (χ4v) is 3.92. The van der Waals surface area contributed by atoms with Crippen molar-refractivity contribution < 1.29 is 8.78 Å². The Morgan fingerprint density at radius 2 is 1.42 bits per heavy atom. The van der Waals surface area contributed by atoms with Gasteiger partial charge in [-0.15, -0.1) is 0 Å².